The van der Waals surface area contributed by atoms with Crippen LogP contribution in [-0.4, -0.2) is 13.1 Å². The van der Waals surface area contributed by atoms with Gasteiger partial charge >= 0.3 is 41.1 Å². The standard InChI is InChI=1S/2C18H15P.C16H20NO2.HI.Pd/c2*1-4-10-16(11-5-1)19(17-12-6-2-7-13-17)18-14-8-3-9-15-18;1-19-16(18)14-11-7-2-3-8-12-15(14)17-13-9-5-4-6-10-13;;/h2*1-15H;4-6,9-10H,2-3,7-8,11-12H2,1H3;1H;/q;;-1;;+2/p+1. The topological polar surface area (TPSA) is 38.7 Å². The number of carbonyl (C=O) groups excluding carboxylic acids is 1. The Morgan fingerprint density at radius 3 is 1.12 bits per heavy atom. The van der Waals surface area contributed by atoms with E-state index in [1.807, 2.05) is 49.8 Å². The fourth-order valence-electron chi connectivity index (χ4n) is 7.00. The van der Waals surface area contributed by atoms with E-state index >= 15 is 0 Å². The van der Waals surface area contributed by atoms with Crippen LogP contribution in [0.25, 0.3) is 0 Å². The molecule has 0 amide bonds. The van der Waals surface area contributed by atoms with Gasteiger partial charge in [-0.1, -0.05) is 122 Å². The molecule has 1 aliphatic carbocycles. The summed E-state index contributed by atoms with van der Waals surface area (Å²) >= 11 is 4.72. The summed E-state index contributed by atoms with van der Waals surface area (Å²) in [6.45, 7) is 0. The van der Waals surface area contributed by atoms with Crippen LogP contribution >= 0.6 is 35.4 Å². The quantitative estimate of drug-likeness (QED) is 0.0500. The molecule has 0 spiro atoms. The Labute approximate surface area is 375 Å². The zero-order chi connectivity index (χ0) is 41.3. The summed E-state index contributed by atoms with van der Waals surface area (Å²) < 4.78 is 4.90. The summed E-state index contributed by atoms with van der Waals surface area (Å²) in [5.41, 5.74) is 1.66. The first-order valence-electron chi connectivity index (χ1n) is 20.0. The number of allylic oxidation sites excluding steroid dienone is 1. The first kappa shape index (κ1) is 45.9. The van der Waals surface area contributed by atoms with Crippen LogP contribution in [0.3, 0.4) is 0 Å². The molecule has 0 heterocycles. The minimum Gasteiger partial charge on any atom is -0.0620 e. The third-order valence-corrected chi connectivity index (χ3v) is 15.2. The number of carbonyl (C=O) groups is 1. The molecule has 0 radical (unpaired) electrons. The largest absolute Gasteiger partial charge is 0.102 e. The van der Waals surface area contributed by atoms with Gasteiger partial charge in [-0.25, -0.2) is 4.79 Å². The number of halogens is 1. The first-order valence-corrected chi connectivity index (χ1v) is 27.6. The number of hydrogen-bond acceptors (Lipinski definition) is 3. The molecule has 8 rings (SSSR count). The van der Waals surface area contributed by atoms with E-state index in [2.05, 4.69) is 203 Å². The Balaban J connectivity index is 0.000000165. The second kappa shape index (κ2) is 26.8. The Hall–Kier alpha value is -4.20. The summed E-state index contributed by atoms with van der Waals surface area (Å²) in [7, 11) is -0.316. The van der Waals surface area contributed by atoms with Crippen LogP contribution in [0.4, 0.5) is 0 Å². The Morgan fingerprint density at radius 2 is 0.814 bits per heavy atom. The van der Waals surface area contributed by atoms with Gasteiger partial charge in [0, 0.05) is 5.70 Å². The molecule has 302 valence electrons. The van der Waals surface area contributed by atoms with Crippen molar-refractivity contribution in [2.24, 2.45) is 4.99 Å². The predicted molar refractivity (Wildman–Crippen MR) is 261 cm³/mol. The number of rotatable bonds is 8. The van der Waals surface area contributed by atoms with Gasteiger partial charge in [0.25, 0.3) is 0 Å². The molecule has 0 N–H and O–H groups in total. The maximum absolute atomic E-state index is 11.9. The van der Waals surface area contributed by atoms with Crippen LogP contribution in [0.5, 0.6) is 0 Å². The SMILES string of the molecule is COC(=O)C1=C(N=c2cccc[cH-]2)CCCCCC1.[Pd+][I].c1ccc([PH+](c2ccccc2)c2ccccc2)cc1.c1ccc([PH+](c2ccccc2)c2ccccc2)cc1. The van der Waals surface area contributed by atoms with E-state index < -0.39 is 15.8 Å². The van der Waals surface area contributed by atoms with E-state index in [1.54, 1.807) is 0 Å². The molecule has 0 aliphatic heterocycles. The van der Waals surface area contributed by atoms with Gasteiger partial charge in [-0.15, -0.1) is 12.1 Å². The molecule has 0 fully saturated rings. The molecule has 0 atom stereocenters. The molecule has 0 aromatic heterocycles. The van der Waals surface area contributed by atoms with Crippen LogP contribution in [0.1, 0.15) is 38.5 Å². The van der Waals surface area contributed by atoms with Crippen LogP contribution in [0.2, 0.25) is 0 Å². The Morgan fingerprint density at radius 1 is 0.492 bits per heavy atom. The maximum Gasteiger partial charge on any atom is 0.102 e. The smallest absolute Gasteiger partial charge is 0.0620 e. The third-order valence-electron chi connectivity index (χ3n) is 9.77. The van der Waals surface area contributed by atoms with E-state index in [0.29, 0.717) is 0 Å². The molecule has 3 nitrogen and oxygen atoms in total. The fourth-order valence-corrected chi connectivity index (χ4v) is 12.2. The molecular formula is C52H52INO2P2Pd+2. The molecule has 7 aromatic carbocycles. The molecule has 0 unspecified atom stereocenters. The second-order valence-corrected chi connectivity index (χ2v) is 18.7. The number of nitrogens with zero attached hydrogens (tertiary/aromatic N) is 1. The fraction of sp³-hybridized carbons (Fsp3) is 0.135. The Kier molecular flexibility index (Phi) is 20.8. The van der Waals surface area contributed by atoms with Gasteiger partial charge in [0.1, 0.15) is 31.8 Å². The molecule has 7 aromatic rings. The van der Waals surface area contributed by atoms with Crippen LogP contribution in [0, 0.1) is 0 Å². The Bertz CT molecular complexity index is 1990. The molecule has 0 saturated carbocycles. The second-order valence-electron chi connectivity index (χ2n) is 13.7. The molecule has 1 aliphatic rings. The normalized spacial score (nSPS) is 12.2. The minimum atomic E-state index is -0.877. The summed E-state index contributed by atoms with van der Waals surface area (Å²) in [6.07, 6.45) is 6.16. The number of methoxy groups -OCH3 is 1. The van der Waals surface area contributed by atoms with Gasteiger partial charge in [-0.2, -0.15) is 18.2 Å². The first-order chi connectivity index (χ1) is 29.2. The van der Waals surface area contributed by atoms with Crippen LogP contribution in [0.15, 0.2) is 229 Å². The van der Waals surface area contributed by atoms with Crippen LogP contribution < -0.4 is 37.2 Å². The van der Waals surface area contributed by atoms with E-state index in [9.17, 15) is 4.79 Å². The zero-order valence-corrected chi connectivity index (χ0v) is 39.1. The van der Waals surface area contributed by atoms with Crippen molar-refractivity contribution in [3.63, 3.8) is 0 Å². The van der Waals surface area contributed by atoms with Gasteiger partial charge in [-0.05, 0) is 104 Å². The average Bonchev–Trinajstić information content (AvgIpc) is 3.31. The van der Waals surface area contributed by atoms with Gasteiger partial charge in [-0.3, -0.25) is 4.99 Å². The van der Waals surface area contributed by atoms with Crippen LogP contribution in [-0.2, 0) is 25.1 Å². The molecule has 7 heteroatoms. The summed E-state index contributed by atoms with van der Waals surface area (Å²) in [4.78, 5) is 16.5. The van der Waals surface area contributed by atoms with Crippen molar-refractivity contribution >= 4 is 73.2 Å². The third kappa shape index (κ3) is 14.8. The van der Waals surface area contributed by atoms with Gasteiger partial charge < -0.3 is 4.74 Å². The maximum atomic E-state index is 11.9. The van der Waals surface area contributed by atoms with E-state index in [4.69, 9.17) is 4.74 Å². The molecule has 59 heavy (non-hydrogen) atoms. The van der Waals surface area contributed by atoms with E-state index in [-0.39, 0.29) is 5.97 Å². The number of hydrogen-bond donors (Lipinski definition) is 0. The van der Waals surface area contributed by atoms with Crippen molar-refractivity contribution in [1.82, 2.24) is 0 Å². The summed E-state index contributed by atoms with van der Waals surface area (Å²) in [5, 5.41) is 9.51. The number of esters is 1. The van der Waals surface area contributed by atoms with E-state index in [1.165, 1.54) is 51.8 Å². The number of benzene rings is 7. The number of para-hydroxylation sites is 1. The molecular weight excluding hydrogens is 966 g/mol. The van der Waals surface area contributed by atoms with Crippen molar-refractivity contribution in [1.29, 1.82) is 0 Å². The zero-order valence-electron chi connectivity index (χ0n) is 33.4. The van der Waals surface area contributed by atoms with E-state index in [0.717, 1.165) is 42.3 Å². The average molecular weight is 1020 g/mol. The van der Waals surface area contributed by atoms with Gasteiger partial charge in [0.05, 0.1) is 28.5 Å². The summed E-state index contributed by atoms with van der Waals surface area (Å²) in [5.74, 6) is -0.225. The van der Waals surface area contributed by atoms with Crippen molar-refractivity contribution in [2.45, 2.75) is 38.5 Å². The molecule has 0 bridgehead atoms. The van der Waals surface area contributed by atoms with Crippen molar-refractivity contribution in [3.05, 3.63) is 229 Å². The van der Waals surface area contributed by atoms with Gasteiger partial charge in [0.15, 0.2) is 0 Å². The summed E-state index contributed by atoms with van der Waals surface area (Å²) in [6, 6.07) is 74.8. The van der Waals surface area contributed by atoms with Crippen molar-refractivity contribution < 1.29 is 25.1 Å². The van der Waals surface area contributed by atoms with Crippen molar-refractivity contribution in [3.8, 4) is 0 Å². The number of ether oxygens (including phenoxy) is 1. The molecule has 0 saturated heterocycles. The minimum absolute atomic E-state index is 0.225. The van der Waals surface area contributed by atoms with Crippen molar-refractivity contribution in [2.75, 3.05) is 7.11 Å². The van der Waals surface area contributed by atoms with Gasteiger partial charge in [0.2, 0.25) is 0 Å². The monoisotopic (exact) mass is 1020 g/mol. The predicted octanol–water partition coefficient (Wildman–Crippen LogP) is 10.3.